The predicted octanol–water partition coefficient (Wildman–Crippen LogP) is 2.27. The summed E-state index contributed by atoms with van der Waals surface area (Å²) in [6.45, 7) is 0.100. The maximum Gasteiger partial charge on any atom is 0.407 e. The van der Waals surface area contributed by atoms with Crippen LogP contribution in [0.15, 0.2) is 0 Å². The molecule has 0 aromatic carbocycles. The number of nitrogens with one attached hydrogen (secondary N) is 1. The molecule has 0 aliphatic heterocycles. The third kappa shape index (κ3) is 5.14. The molecule has 1 aliphatic rings. The van der Waals surface area contributed by atoms with Crippen LogP contribution >= 0.6 is 0 Å². The smallest absolute Gasteiger partial charge is 0.407 e. The SMILES string of the molecule is COC(=O)NCC(=O)CC1CCCCCC1. The molecule has 0 saturated heterocycles. The summed E-state index contributed by atoms with van der Waals surface area (Å²) in [5.74, 6) is 0.631. The van der Waals surface area contributed by atoms with Crippen molar-refractivity contribution in [3.8, 4) is 0 Å². The summed E-state index contributed by atoms with van der Waals surface area (Å²) in [5, 5.41) is 2.43. The fraction of sp³-hybridized carbons (Fsp3) is 0.833. The minimum Gasteiger partial charge on any atom is -0.453 e. The highest BCUT2D eigenvalue weighted by Crippen LogP contribution is 2.25. The maximum absolute atomic E-state index is 11.6. The third-order valence-corrected chi connectivity index (χ3v) is 3.11. The predicted molar refractivity (Wildman–Crippen MR) is 61.2 cm³/mol. The van der Waals surface area contributed by atoms with E-state index in [0.29, 0.717) is 12.3 Å². The molecule has 1 aliphatic carbocycles. The van der Waals surface area contributed by atoms with Gasteiger partial charge < -0.3 is 10.1 Å². The molecule has 0 spiro atoms. The van der Waals surface area contributed by atoms with Crippen LogP contribution in [0.1, 0.15) is 44.9 Å². The number of Topliss-reactive ketones (excluding diaryl/α,β-unsaturated/α-hetero) is 1. The van der Waals surface area contributed by atoms with Gasteiger partial charge in [0.1, 0.15) is 0 Å². The largest absolute Gasteiger partial charge is 0.453 e. The van der Waals surface area contributed by atoms with E-state index in [2.05, 4.69) is 10.1 Å². The van der Waals surface area contributed by atoms with Crippen molar-refractivity contribution in [2.75, 3.05) is 13.7 Å². The molecule has 0 heterocycles. The molecule has 0 unspecified atom stereocenters. The van der Waals surface area contributed by atoms with Crippen LogP contribution in [0, 0.1) is 5.92 Å². The monoisotopic (exact) mass is 227 g/mol. The Morgan fingerprint density at radius 1 is 1.19 bits per heavy atom. The summed E-state index contributed by atoms with van der Waals surface area (Å²) < 4.78 is 4.41. The summed E-state index contributed by atoms with van der Waals surface area (Å²) in [5.41, 5.74) is 0. The van der Waals surface area contributed by atoms with Crippen molar-refractivity contribution in [2.24, 2.45) is 5.92 Å². The van der Waals surface area contributed by atoms with Crippen LogP contribution in [0.25, 0.3) is 0 Å². The highest BCUT2D eigenvalue weighted by atomic mass is 16.5. The topological polar surface area (TPSA) is 55.4 Å². The van der Waals surface area contributed by atoms with Crippen LogP contribution < -0.4 is 5.32 Å². The summed E-state index contributed by atoms with van der Waals surface area (Å²) in [6, 6.07) is 0. The molecule has 0 radical (unpaired) electrons. The lowest BCUT2D eigenvalue weighted by Gasteiger charge is -2.12. The van der Waals surface area contributed by atoms with Crippen molar-refractivity contribution in [1.29, 1.82) is 0 Å². The van der Waals surface area contributed by atoms with Gasteiger partial charge in [-0.25, -0.2) is 4.79 Å². The first-order valence-electron chi connectivity index (χ1n) is 6.06. The average molecular weight is 227 g/mol. The van der Waals surface area contributed by atoms with E-state index in [9.17, 15) is 9.59 Å². The van der Waals surface area contributed by atoms with Gasteiger partial charge in [0.05, 0.1) is 13.7 Å². The lowest BCUT2D eigenvalue weighted by Crippen LogP contribution is -2.30. The van der Waals surface area contributed by atoms with Gasteiger partial charge in [-0.15, -0.1) is 0 Å². The second-order valence-corrected chi connectivity index (χ2v) is 4.45. The lowest BCUT2D eigenvalue weighted by atomic mass is 9.94. The zero-order valence-corrected chi connectivity index (χ0v) is 9.96. The first-order valence-corrected chi connectivity index (χ1v) is 6.06. The van der Waals surface area contributed by atoms with Crippen molar-refractivity contribution in [3.63, 3.8) is 0 Å². The molecule has 16 heavy (non-hydrogen) atoms. The fourth-order valence-electron chi connectivity index (χ4n) is 2.21. The normalized spacial score (nSPS) is 17.6. The molecule has 1 fully saturated rings. The molecule has 92 valence electrons. The van der Waals surface area contributed by atoms with Gasteiger partial charge >= 0.3 is 6.09 Å². The molecule has 1 N–H and O–H groups in total. The van der Waals surface area contributed by atoms with Crippen molar-refractivity contribution in [3.05, 3.63) is 0 Å². The van der Waals surface area contributed by atoms with Gasteiger partial charge in [-0.1, -0.05) is 38.5 Å². The van der Waals surface area contributed by atoms with E-state index in [4.69, 9.17) is 0 Å². The van der Waals surface area contributed by atoms with Gasteiger partial charge in [-0.2, -0.15) is 0 Å². The number of ketones is 1. The zero-order chi connectivity index (χ0) is 11.8. The molecule has 4 nitrogen and oxygen atoms in total. The molecular weight excluding hydrogens is 206 g/mol. The highest BCUT2D eigenvalue weighted by molar-refractivity contribution is 5.84. The van der Waals surface area contributed by atoms with Gasteiger partial charge in [0.15, 0.2) is 5.78 Å². The van der Waals surface area contributed by atoms with Gasteiger partial charge in [0.25, 0.3) is 0 Å². The van der Waals surface area contributed by atoms with E-state index >= 15 is 0 Å². The molecule has 0 aromatic rings. The van der Waals surface area contributed by atoms with Crippen molar-refractivity contribution >= 4 is 11.9 Å². The first-order chi connectivity index (χ1) is 7.72. The fourth-order valence-corrected chi connectivity index (χ4v) is 2.21. The quantitative estimate of drug-likeness (QED) is 0.749. The van der Waals surface area contributed by atoms with Crippen molar-refractivity contribution in [2.45, 2.75) is 44.9 Å². The minimum absolute atomic E-state index is 0.100. The van der Waals surface area contributed by atoms with E-state index < -0.39 is 6.09 Å². The summed E-state index contributed by atoms with van der Waals surface area (Å²) >= 11 is 0. The van der Waals surface area contributed by atoms with E-state index in [0.717, 1.165) is 12.8 Å². The van der Waals surface area contributed by atoms with Crippen LogP contribution in [0.5, 0.6) is 0 Å². The highest BCUT2D eigenvalue weighted by Gasteiger charge is 2.16. The van der Waals surface area contributed by atoms with Crippen LogP contribution in [0.2, 0.25) is 0 Å². The van der Waals surface area contributed by atoms with Crippen LogP contribution in [-0.4, -0.2) is 25.5 Å². The Labute approximate surface area is 96.7 Å². The Morgan fingerprint density at radius 2 is 1.81 bits per heavy atom. The number of rotatable bonds is 4. The molecule has 0 aromatic heterocycles. The van der Waals surface area contributed by atoms with Gasteiger partial charge in [0.2, 0.25) is 0 Å². The number of hydrogen-bond acceptors (Lipinski definition) is 3. The molecule has 1 rings (SSSR count). The molecule has 4 heteroatoms. The second kappa shape index (κ2) is 7.25. The van der Waals surface area contributed by atoms with E-state index in [1.165, 1.54) is 32.8 Å². The molecular formula is C12H21NO3. The number of ether oxygens (including phenoxy) is 1. The number of hydrogen-bond donors (Lipinski definition) is 1. The molecule has 0 atom stereocenters. The summed E-state index contributed by atoms with van der Waals surface area (Å²) in [6.07, 6.45) is 7.45. The van der Waals surface area contributed by atoms with Crippen molar-refractivity contribution in [1.82, 2.24) is 5.32 Å². The second-order valence-electron chi connectivity index (χ2n) is 4.45. The number of methoxy groups -OCH3 is 1. The third-order valence-electron chi connectivity index (χ3n) is 3.11. The Kier molecular flexibility index (Phi) is 5.90. The van der Waals surface area contributed by atoms with Gasteiger partial charge in [-0.05, 0) is 5.92 Å². The minimum atomic E-state index is -0.533. The molecule has 0 bridgehead atoms. The Bertz CT molecular complexity index is 232. The van der Waals surface area contributed by atoms with E-state index in [-0.39, 0.29) is 12.3 Å². The lowest BCUT2D eigenvalue weighted by molar-refractivity contribution is -0.119. The zero-order valence-electron chi connectivity index (χ0n) is 9.96. The number of amides is 1. The number of carbonyl (C=O) groups excluding carboxylic acids is 2. The Morgan fingerprint density at radius 3 is 2.38 bits per heavy atom. The van der Waals surface area contributed by atoms with Crippen LogP contribution in [0.4, 0.5) is 4.79 Å². The molecule has 1 saturated carbocycles. The van der Waals surface area contributed by atoms with Gasteiger partial charge in [0, 0.05) is 6.42 Å². The van der Waals surface area contributed by atoms with Gasteiger partial charge in [-0.3, -0.25) is 4.79 Å². The standard InChI is InChI=1S/C12H21NO3/c1-16-12(15)13-9-11(14)8-10-6-4-2-3-5-7-10/h10H,2-9H2,1H3,(H,13,15). The van der Waals surface area contributed by atoms with E-state index in [1.54, 1.807) is 0 Å². The average Bonchev–Trinajstić information content (AvgIpc) is 2.54. The Hall–Kier alpha value is -1.06. The number of alkyl carbamates (subject to hydrolysis) is 1. The van der Waals surface area contributed by atoms with Crippen molar-refractivity contribution < 1.29 is 14.3 Å². The first kappa shape index (κ1) is 13.0. The number of carbonyl (C=O) groups is 2. The van der Waals surface area contributed by atoms with E-state index in [1.807, 2.05) is 0 Å². The Balaban J connectivity index is 2.19. The maximum atomic E-state index is 11.6. The van der Waals surface area contributed by atoms with Crippen LogP contribution in [-0.2, 0) is 9.53 Å². The van der Waals surface area contributed by atoms with Crippen LogP contribution in [0.3, 0.4) is 0 Å². The summed E-state index contributed by atoms with van der Waals surface area (Å²) in [4.78, 5) is 22.4. The molecule has 1 amide bonds. The summed E-state index contributed by atoms with van der Waals surface area (Å²) in [7, 11) is 1.30.